The molecule has 184 valence electrons. The molecule has 1 saturated heterocycles. The van der Waals surface area contributed by atoms with Gasteiger partial charge < -0.3 is 19.4 Å². The lowest BCUT2D eigenvalue weighted by molar-refractivity contribution is -0.122. The molecule has 9 heteroatoms. The fourth-order valence-electron chi connectivity index (χ4n) is 5.23. The van der Waals surface area contributed by atoms with Gasteiger partial charge >= 0.3 is 0 Å². The normalized spacial score (nSPS) is 17.9. The van der Waals surface area contributed by atoms with Crippen molar-refractivity contribution in [2.75, 3.05) is 32.8 Å². The third-order valence-corrected chi connectivity index (χ3v) is 7.12. The SMILES string of the molecule is O=C1NC(=O)C(c2cn(CC(O)CN3CCOCC3)c3ccc(Cl)cc23)=C1c1c[nH]c2ccccc12. The smallest absolute Gasteiger partial charge is 0.259 e. The van der Waals surface area contributed by atoms with Crippen molar-refractivity contribution in [1.29, 1.82) is 0 Å². The highest BCUT2D eigenvalue weighted by molar-refractivity contribution is 6.51. The van der Waals surface area contributed by atoms with Crippen LogP contribution in [0.1, 0.15) is 11.1 Å². The molecule has 4 heterocycles. The van der Waals surface area contributed by atoms with E-state index in [0.29, 0.717) is 53.6 Å². The van der Waals surface area contributed by atoms with Crippen molar-refractivity contribution in [2.45, 2.75) is 12.6 Å². The highest BCUT2D eigenvalue weighted by Crippen LogP contribution is 2.39. The minimum absolute atomic E-state index is 0.304. The number of aliphatic hydroxyl groups is 1. The first-order valence-corrected chi connectivity index (χ1v) is 12.3. The number of morpholine rings is 1. The van der Waals surface area contributed by atoms with Crippen LogP contribution in [0.3, 0.4) is 0 Å². The number of nitrogens with zero attached hydrogens (tertiary/aromatic N) is 2. The molecular weight excluding hydrogens is 480 g/mol. The molecule has 2 aromatic carbocycles. The standard InChI is InChI=1S/C27H25ClN4O4/c28-16-5-6-23-19(11-16)21(15-32(23)14-17(33)13-31-7-9-36-10-8-31)25-24(26(34)30-27(25)35)20-12-29-22-4-2-1-3-18(20)22/h1-6,11-12,15,17,29,33H,7-10,13-14H2,(H,30,34,35). The summed E-state index contributed by atoms with van der Waals surface area (Å²) in [5.74, 6) is -0.886. The molecule has 1 fully saturated rings. The minimum Gasteiger partial charge on any atom is -0.390 e. The molecule has 2 aromatic heterocycles. The second kappa shape index (κ2) is 9.22. The fourth-order valence-corrected chi connectivity index (χ4v) is 5.41. The monoisotopic (exact) mass is 504 g/mol. The summed E-state index contributed by atoms with van der Waals surface area (Å²) in [4.78, 5) is 31.5. The maximum absolute atomic E-state index is 13.1. The van der Waals surface area contributed by atoms with Crippen molar-refractivity contribution in [1.82, 2.24) is 19.8 Å². The van der Waals surface area contributed by atoms with E-state index < -0.39 is 17.9 Å². The zero-order valence-corrected chi connectivity index (χ0v) is 20.2. The molecule has 4 aromatic rings. The van der Waals surface area contributed by atoms with Crippen LogP contribution in [0, 0.1) is 0 Å². The van der Waals surface area contributed by atoms with Crippen molar-refractivity contribution >= 4 is 56.4 Å². The minimum atomic E-state index is -0.622. The Bertz CT molecular complexity index is 1530. The van der Waals surface area contributed by atoms with E-state index in [0.717, 1.165) is 34.9 Å². The van der Waals surface area contributed by atoms with Gasteiger partial charge in [0.1, 0.15) is 0 Å². The van der Waals surface area contributed by atoms with E-state index in [-0.39, 0.29) is 0 Å². The quantitative estimate of drug-likeness (QED) is 0.350. The average molecular weight is 505 g/mol. The number of hydrogen-bond acceptors (Lipinski definition) is 5. The third-order valence-electron chi connectivity index (χ3n) is 6.88. The molecule has 1 atom stereocenters. The topological polar surface area (TPSA) is 99.6 Å². The van der Waals surface area contributed by atoms with Gasteiger partial charge in [0.2, 0.25) is 0 Å². The first-order chi connectivity index (χ1) is 17.5. The Labute approximate surface area is 212 Å². The molecule has 3 N–H and O–H groups in total. The van der Waals surface area contributed by atoms with Crippen molar-refractivity contribution in [2.24, 2.45) is 0 Å². The van der Waals surface area contributed by atoms with Crippen LogP contribution in [0.5, 0.6) is 0 Å². The maximum Gasteiger partial charge on any atom is 0.259 e. The largest absolute Gasteiger partial charge is 0.390 e. The Morgan fingerprint density at radius 3 is 2.53 bits per heavy atom. The van der Waals surface area contributed by atoms with Crippen LogP contribution in [0.15, 0.2) is 54.9 Å². The summed E-state index contributed by atoms with van der Waals surface area (Å²) in [6.45, 7) is 3.75. The molecule has 0 bridgehead atoms. The fraction of sp³-hybridized carbons (Fsp3) is 0.259. The molecule has 0 spiro atoms. The Morgan fingerprint density at radius 1 is 0.972 bits per heavy atom. The number of nitrogens with one attached hydrogen (secondary N) is 2. The summed E-state index contributed by atoms with van der Waals surface area (Å²) in [7, 11) is 0. The molecule has 0 radical (unpaired) electrons. The summed E-state index contributed by atoms with van der Waals surface area (Å²) in [6, 6.07) is 13.1. The summed E-state index contributed by atoms with van der Waals surface area (Å²) in [5.41, 5.74) is 3.61. The number of para-hydroxylation sites is 1. The molecular formula is C27H25ClN4O4. The number of rotatable bonds is 6. The number of hydrogen-bond donors (Lipinski definition) is 3. The van der Waals surface area contributed by atoms with Crippen molar-refractivity contribution in [3.05, 3.63) is 71.0 Å². The Morgan fingerprint density at radius 2 is 1.72 bits per heavy atom. The lowest BCUT2D eigenvalue weighted by Crippen LogP contribution is -2.41. The van der Waals surface area contributed by atoms with Gasteiger partial charge in [-0.05, 0) is 24.3 Å². The number of β-amino-alcohol motifs (C(OH)–C–C–N with tert-alkyl or cyclic N) is 1. The number of aromatic amines is 1. The molecule has 8 nitrogen and oxygen atoms in total. The van der Waals surface area contributed by atoms with E-state index >= 15 is 0 Å². The van der Waals surface area contributed by atoms with Crippen LogP contribution in [0.25, 0.3) is 33.0 Å². The van der Waals surface area contributed by atoms with Gasteiger partial charge in [0.05, 0.1) is 30.5 Å². The van der Waals surface area contributed by atoms with E-state index in [2.05, 4.69) is 15.2 Å². The predicted octanol–water partition coefficient (Wildman–Crippen LogP) is 3.04. The van der Waals surface area contributed by atoms with Crippen molar-refractivity contribution in [3.8, 4) is 0 Å². The molecule has 0 aliphatic carbocycles. The number of fused-ring (bicyclic) bond motifs is 2. The molecule has 0 saturated carbocycles. The summed E-state index contributed by atoms with van der Waals surface area (Å²) in [6.07, 6.45) is 2.98. The van der Waals surface area contributed by atoms with Gasteiger partial charge in [0, 0.05) is 76.5 Å². The number of benzene rings is 2. The van der Waals surface area contributed by atoms with Gasteiger partial charge in [0.15, 0.2) is 0 Å². The first-order valence-electron chi connectivity index (χ1n) is 11.9. The second-order valence-electron chi connectivity index (χ2n) is 9.20. The molecule has 2 aliphatic heterocycles. The van der Waals surface area contributed by atoms with E-state index in [4.69, 9.17) is 16.3 Å². The van der Waals surface area contributed by atoms with E-state index in [9.17, 15) is 14.7 Å². The van der Waals surface area contributed by atoms with Crippen LogP contribution in [0.2, 0.25) is 5.02 Å². The molecule has 1 unspecified atom stereocenters. The number of amides is 2. The van der Waals surface area contributed by atoms with Crippen LogP contribution >= 0.6 is 11.6 Å². The number of carbonyl (C=O) groups excluding carboxylic acids is 2. The third kappa shape index (κ3) is 4.02. The van der Waals surface area contributed by atoms with Crippen molar-refractivity contribution < 1.29 is 19.4 Å². The zero-order valence-electron chi connectivity index (χ0n) is 19.5. The van der Waals surface area contributed by atoms with Gasteiger partial charge in [-0.15, -0.1) is 0 Å². The number of ether oxygens (including phenoxy) is 1. The lowest BCUT2D eigenvalue weighted by Gasteiger charge is -2.28. The van der Waals surface area contributed by atoms with Crippen molar-refractivity contribution in [3.63, 3.8) is 0 Å². The molecule has 6 rings (SSSR count). The maximum atomic E-state index is 13.1. The van der Waals surface area contributed by atoms with Crippen LogP contribution in [-0.2, 0) is 20.9 Å². The summed E-state index contributed by atoms with van der Waals surface area (Å²) < 4.78 is 7.33. The summed E-state index contributed by atoms with van der Waals surface area (Å²) in [5, 5.41) is 15.5. The highest BCUT2D eigenvalue weighted by atomic mass is 35.5. The second-order valence-corrected chi connectivity index (χ2v) is 9.64. The summed E-state index contributed by atoms with van der Waals surface area (Å²) >= 11 is 6.35. The van der Waals surface area contributed by atoms with Gasteiger partial charge in [-0.2, -0.15) is 0 Å². The Balaban J connectivity index is 1.46. The predicted molar refractivity (Wildman–Crippen MR) is 138 cm³/mol. The van der Waals surface area contributed by atoms with E-state index in [1.165, 1.54) is 0 Å². The number of imide groups is 1. The average Bonchev–Trinajstić information content (AvgIpc) is 3.52. The number of aromatic nitrogens is 2. The Kier molecular flexibility index (Phi) is 5.89. The highest BCUT2D eigenvalue weighted by Gasteiger charge is 2.35. The number of H-pyrrole nitrogens is 1. The zero-order chi connectivity index (χ0) is 24.8. The molecule has 36 heavy (non-hydrogen) atoms. The van der Waals surface area contributed by atoms with E-state index in [1.54, 1.807) is 18.3 Å². The van der Waals surface area contributed by atoms with Crippen LogP contribution < -0.4 is 5.32 Å². The van der Waals surface area contributed by atoms with E-state index in [1.807, 2.05) is 41.1 Å². The van der Waals surface area contributed by atoms with Crippen LogP contribution in [0.4, 0.5) is 0 Å². The van der Waals surface area contributed by atoms with Gasteiger partial charge in [-0.3, -0.25) is 19.8 Å². The number of carbonyl (C=O) groups is 2. The van der Waals surface area contributed by atoms with Gasteiger partial charge in [-0.25, -0.2) is 0 Å². The lowest BCUT2D eigenvalue weighted by atomic mass is 9.95. The van der Waals surface area contributed by atoms with Crippen LogP contribution in [-0.4, -0.2) is 70.3 Å². The first kappa shape index (κ1) is 23.0. The molecule has 2 aliphatic rings. The number of aliphatic hydroxyl groups excluding tert-OH is 1. The molecule has 2 amide bonds. The van der Waals surface area contributed by atoms with Gasteiger partial charge in [0.25, 0.3) is 11.8 Å². The Hall–Kier alpha value is -3.43. The van der Waals surface area contributed by atoms with Gasteiger partial charge in [-0.1, -0.05) is 29.8 Å². The number of halogens is 1.